The van der Waals surface area contributed by atoms with Crippen LogP contribution >= 0.6 is 0 Å². The normalized spacial score (nSPS) is 10.2. The van der Waals surface area contributed by atoms with Gasteiger partial charge in [-0.2, -0.15) is 0 Å². The summed E-state index contributed by atoms with van der Waals surface area (Å²) in [7, 11) is 1.66. The van der Waals surface area contributed by atoms with Gasteiger partial charge in [0.05, 0.1) is 6.54 Å². The SMILES string of the molecule is CCOCC(=O)N(C)CCOc1ccccc1F. The Morgan fingerprint density at radius 2 is 2.11 bits per heavy atom. The molecular weight excluding hydrogens is 237 g/mol. The van der Waals surface area contributed by atoms with Crippen LogP contribution in [0.3, 0.4) is 0 Å². The summed E-state index contributed by atoms with van der Waals surface area (Å²) in [5, 5.41) is 0. The third-order valence-electron chi connectivity index (χ3n) is 2.38. The largest absolute Gasteiger partial charge is 0.489 e. The Bertz CT molecular complexity index is 384. The van der Waals surface area contributed by atoms with Crippen LogP contribution in [0.25, 0.3) is 0 Å². The second-order valence-electron chi connectivity index (χ2n) is 3.73. The summed E-state index contributed by atoms with van der Waals surface area (Å²) in [6.07, 6.45) is 0. The molecule has 0 fully saturated rings. The van der Waals surface area contributed by atoms with Crippen molar-refractivity contribution in [2.24, 2.45) is 0 Å². The maximum absolute atomic E-state index is 13.2. The zero-order chi connectivity index (χ0) is 13.4. The van der Waals surface area contributed by atoms with E-state index in [0.29, 0.717) is 13.2 Å². The topological polar surface area (TPSA) is 38.8 Å². The Labute approximate surface area is 106 Å². The monoisotopic (exact) mass is 255 g/mol. The standard InChI is InChI=1S/C13H18FNO3/c1-3-17-10-13(16)15(2)8-9-18-12-7-5-4-6-11(12)14/h4-7H,3,8-10H2,1-2H3. The predicted octanol–water partition coefficient (Wildman–Crippen LogP) is 1.70. The minimum Gasteiger partial charge on any atom is -0.489 e. The van der Waals surface area contributed by atoms with E-state index in [0.717, 1.165) is 0 Å². The zero-order valence-corrected chi connectivity index (χ0v) is 10.7. The fourth-order valence-electron chi connectivity index (χ4n) is 1.28. The molecule has 0 aliphatic heterocycles. The predicted molar refractivity (Wildman–Crippen MR) is 66.0 cm³/mol. The molecule has 0 radical (unpaired) electrons. The fourth-order valence-corrected chi connectivity index (χ4v) is 1.28. The lowest BCUT2D eigenvalue weighted by Gasteiger charge is -2.17. The van der Waals surface area contributed by atoms with Gasteiger partial charge in [-0.05, 0) is 19.1 Å². The number of amides is 1. The molecule has 0 bridgehead atoms. The quantitative estimate of drug-likeness (QED) is 0.744. The number of carbonyl (C=O) groups excluding carboxylic acids is 1. The Morgan fingerprint density at radius 3 is 2.78 bits per heavy atom. The minimum atomic E-state index is -0.402. The van der Waals surface area contributed by atoms with Gasteiger partial charge in [-0.15, -0.1) is 0 Å². The number of ether oxygens (including phenoxy) is 2. The van der Waals surface area contributed by atoms with E-state index in [4.69, 9.17) is 9.47 Å². The third-order valence-corrected chi connectivity index (χ3v) is 2.38. The van der Waals surface area contributed by atoms with E-state index < -0.39 is 5.82 Å². The minimum absolute atomic E-state index is 0.0622. The number of hydrogen-bond donors (Lipinski definition) is 0. The van der Waals surface area contributed by atoms with Crippen molar-refractivity contribution in [3.8, 4) is 5.75 Å². The Morgan fingerprint density at radius 1 is 1.39 bits per heavy atom. The average molecular weight is 255 g/mol. The van der Waals surface area contributed by atoms with Crippen LogP contribution in [-0.2, 0) is 9.53 Å². The third kappa shape index (κ3) is 4.71. The smallest absolute Gasteiger partial charge is 0.248 e. The summed E-state index contributed by atoms with van der Waals surface area (Å²) in [5.41, 5.74) is 0. The van der Waals surface area contributed by atoms with Gasteiger partial charge in [0.25, 0.3) is 0 Å². The first kappa shape index (κ1) is 14.4. The number of nitrogens with zero attached hydrogens (tertiary/aromatic N) is 1. The van der Waals surface area contributed by atoms with Crippen molar-refractivity contribution in [1.29, 1.82) is 0 Å². The molecule has 0 atom stereocenters. The highest BCUT2D eigenvalue weighted by molar-refractivity contribution is 5.77. The van der Waals surface area contributed by atoms with Crippen LogP contribution in [0, 0.1) is 5.82 Å². The van der Waals surface area contributed by atoms with E-state index in [1.54, 1.807) is 25.2 Å². The molecule has 5 heteroatoms. The molecule has 4 nitrogen and oxygen atoms in total. The van der Waals surface area contributed by atoms with Gasteiger partial charge in [0.15, 0.2) is 11.6 Å². The second kappa shape index (κ2) is 7.66. The molecular formula is C13H18FNO3. The molecule has 0 aromatic heterocycles. The van der Waals surface area contributed by atoms with E-state index in [2.05, 4.69) is 0 Å². The maximum atomic E-state index is 13.2. The van der Waals surface area contributed by atoms with Crippen LogP contribution in [-0.4, -0.2) is 44.2 Å². The van der Waals surface area contributed by atoms with Crippen molar-refractivity contribution in [3.05, 3.63) is 30.1 Å². The highest BCUT2D eigenvalue weighted by Gasteiger charge is 2.08. The van der Waals surface area contributed by atoms with Crippen molar-refractivity contribution in [2.45, 2.75) is 6.92 Å². The highest BCUT2D eigenvalue weighted by Crippen LogP contribution is 2.14. The molecule has 0 aliphatic rings. The number of rotatable bonds is 7. The highest BCUT2D eigenvalue weighted by atomic mass is 19.1. The molecule has 0 N–H and O–H groups in total. The lowest BCUT2D eigenvalue weighted by Crippen LogP contribution is -2.33. The summed E-state index contributed by atoms with van der Waals surface area (Å²) >= 11 is 0. The fraction of sp³-hybridized carbons (Fsp3) is 0.462. The molecule has 1 aromatic carbocycles. The van der Waals surface area contributed by atoms with Gasteiger partial charge in [-0.3, -0.25) is 4.79 Å². The Hall–Kier alpha value is -1.62. The average Bonchev–Trinajstić information content (AvgIpc) is 2.38. The van der Waals surface area contributed by atoms with E-state index >= 15 is 0 Å². The van der Waals surface area contributed by atoms with Gasteiger partial charge in [-0.25, -0.2) is 4.39 Å². The van der Waals surface area contributed by atoms with Crippen LogP contribution in [0.2, 0.25) is 0 Å². The molecule has 0 spiro atoms. The van der Waals surface area contributed by atoms with Gasteiger partial charge in [0.2, 0.25) is 5.91 Å². The molecule has 18 heavy (non-hydrogen) atoms. The zero-order valence-electron chi connectivity index (χ0n) is 10.7. The lowest BCUT2D eigenvalue weighted by molar-refractivity contribution is -0.134. The molecule has 0 heterocycles. The number of para-hydroxylation sites is 1. The molecule has 0 aliphatic carbocycles. The van der Waals surface area contributed by atoms with Crippen LogP contribution in [0.1, 0.15) is 6.92 Å². The summed E-state index contributed by atoms with van der Waals surface area (Å²) < 4.78 is 23.5. The number of halogens is 1. The summed E-state index contributed by atoms with van der Waals surface area (Å²) in [6.45, 7) is 3.03. The van der Waals surface area contributed by atoms with Crippen molar-refractivity contribution in [1.82, 2.24) is 4.90 Å². The molecule has 1 aromatic rings. The lowest BCUT2D eigenvalue weighted by atomic mass is 10.3. The van der Waals surface area contributed by atoms with E-state index in [9.17, 15) is 9.18 Å². The Balaban J connectivity index is 2.29. The van der Waals surface area contributed by atoms with Gasteiger partial charge >= 0.3 is 0 Å². The number of likely N-dealkylation sites (N-methyl/N-ethyl adjacent to an activating group) is 1. The molecule has 0 unspecified atom stereocenters. The van der Waals surface area contributed by atoms with Crippen LogP contribution in [0.5, 0.6) is 5.75 Å². The molecule has 0 saturated carbocycles. The maximum Gasteiger partial charge on any atom is 0.248 e. The van der Waals surface area contributed by atoms with Crippen LogP contribution in [0.15, 0.2) is 24.3 Å². The van der Waals surface area contributed by atoms with E-state index in [-0.39, 0.29) is 24.9 Å². The number of benzene rings is 1. The van der Waals surface area contributed by atoms with Crippen molar-refractivity contribution < 1.29 is 18.7 Å². The van der Waals surface area contributed by atoms with E-state index in [1.807, 2.05) is 6.92 Å². The van der Waals surface area contributed by atoms with Gasteiger partial charge < -0.3 is 14.4 Å². The molecule has 1 amide bonds. The van der Waals surface area contributed by atoms with Crippen LogP contribution in [0.4, 0.5) is 4.39 Å². The molecule has 1 rings (SSSR count). The van der Waals surface area contributed by atoms with Gasteiger partial charge in [-0.1, -0.05) is 12.1 Å². The first-order valence-corrected chi connectivity index (χ1v) is 5.84. The Kier molecular flexibility index (Phi) is 6.14. The molecule has 100 valence electrons. The van der Waals surface area contributed by atoms with Gasteiger partial charge in [0, 0.05) is 13.7 Å². The van der Waals surface area contributed by atoms with Crippen LogP contribution < -0.4 is 4.74 Å². The number of hydrogen-bond acceptors (Lipinski definition) is 3. The van der Waals surface area contributed by atoms with E-state index in [1.165, 1.54) is 11.0 Å². The summed E-state index contributed by atoms with van der Waals surface area (Å²) in [4.78, 5) is 13.0. The first-order valence-electron chi connectivity index (χ1n) is 5.84. The van der Waals surface area contributed by atoms with Crippen molar-refractivity contribution >= 4 is 5.91 Å². The molecule has 0 saturated heterocycles. The van der Waals surface area contributed by atoms with Crippen molar-refractivity contribution in [2.75, 3.05) is 33.4 Å². The first-order chi connectivity index (χ1) is 8.65. The van der Waals surface area contributed by atoms with Gasteiger partial charge in [0.1, 0.15) is 13.2 Å². The number of carbonyl (C=O) groups is 1. The van der Waals surface area contributed by atoms with Crippen molar-refractivity contribution in [3.63, 3.8) is 0 Å². The summed E-state index contributed by atoms with van der Waals surface area (Å²) in [5.74, 6) is -0.321. The summed E-state index contributed by atoms with van der Waals surface area (Å²) in [6, 6.07) is 6.18. The second-order valence-corrected chi connectivity index (χ2v) is 3.73.